The largest absolute Gasteiger partial charge is 0.494 e. The van der Waals surface area contributed by atoms with Crippen LogP contribution in [-0.2, 0) is 16.6 Å². The van der Waals surface area contributed by atoms with Crippen molar-refractivity contribution in [1.82, 2.24) is 4.57 Å². The van der Waals surface area contributed by atoms with Crippen LogP contribution < -0.4 is 4.74 Å². The molecule has 4 aromatic rings. The molecule has 0 aliphatic rings. The molecule has 0 saturated carbocycles. The number of para-hydroxylation sites is 1. The number of carbonyl (C=O) groups excluding carboxylic acids is 1. The van der Waals surface area contributed by atoms with E-state index in [1.807, 2.05) is 30.5 Å². The van der Waals surface area contributed by atoms with Crippen LogP contribution in [0.3, 0.4) is 0 Å². The Hall–Kier alpha value is -3.86. The van der Waals surface area contributed by atoms with Crippen LogP contribution in [0.15, 0.2) is 84.4 Å². The number of rotatable bonds is 11. The smallest absolute Gasteiger partial charge is 0.330 e. The molecular formula is C29H30N2O3. The maximum atomic E-state index is 11.0. The second-order valence-corrected chi connectivity index (χ2v) is 8.24. The van der Waals surface area contributed by atoms with Gasteiger partial charge in [0.15, 0.2) is 0 Å². The molecule has 4 rings (SSSR count). The lowest BCUT2D eigenvalue weighted by Crippen LogP contribution is -2.02. The zero-order valence-corrected chi connectivity index (χ0v) is 19.6. The van der Waals surface area contributed by atoms with Crippen LogP contribution in [0.4, 0.5) is 5.69 Å². The van der Waals surface area contributed by atoms with Crippen LogP contribution >= 0.6 is 0 Å². The highest BCUT2D eigenvalue weighted by molar-refractivity contribution is 6.09. The predicted octanol–water partition coefficient (Wildman–Crippen LogP) is 6.75. The Morgan fingerprint density at radius 3 is 2.44 bits per heavy atom. The van der Waals surface area contributed by atoms with Gasteiger partial charge < -0.3 is 14.0 Å². The molecule has 174 valence electrons. The first-order valence-electron chi connectivity index (χ1n) is 11.7. The van der Waals surface area contributed by atoms with Crippen molar-refractivity contribution in [2.45, 2.75) is 25.7 Å². The van der Waals surface area contributed by atoms with E-state index in [2.05, 4.69) is 65.7 Å². The van der Waals surface area contributed by atoms with Gasteiger partial charge in [-0.1, -0.05) is 36.9 Å². The van der Waals surface area contributed by atoms with Crippen LogP contribution in [0, 0.1) is 0 Å². The Morgan fingerprint density at radius 1 is 0.912 bits per heavy atom. The molecular weight excluding hydrogens is 424 g/mol. The van der Waals surface area contributed by atoms with E-state index in [0.717, 1.165) is 42.7 Å². The fourth-order valence-corrected chi connectivity index (χ4v) is 4.01. The van der Waals surface area contributed by atoms with Crippen molar-refractivity contribution < 1.29 is 14.3 Å². The van der Waals surface area contributed by atoms with E-state index in [1.54, 1.807) is 0 Å². The number of unbranched alkanes of at least 4 members (excludes halogenated alkanes) is 3. The summed E-state index contributed by atoms with van der Waals surface area (Å²) in [6.45, 7) is 4.49. The van der Waals surface area contributed by atoms with Gasteiger partial charge in [0.2, 0.25) is 0 Å². The summed E-state index contributed by atoms with van der Waals surface area (Å²) in [5.74, 6) is 0.484. The van der Waals surface area contributed by atoms with Crippen molar-refractivity contribution in [2.24, 2.45) is 12.0 Å². The molecule has 5 heteroatoms. The number of carbonyl (C=O) groups is 1. The van der Waals surface area contributed by atoms with Crippen LogP contribution in [-0.4, -0.2) is 30.0 Å². The minimum absolute atomic E-state index is 0.359. The zero-order valence-electron chi connectivity index (χ0n) is 19.6. The lowest BCUT2D eigenvalue weighted by molar-refractivity contribution is -0.137. The van der Waals surface area contributed by atoms with Gasteiger partial charge in [-0.05, 0) is 67.6 Å². The highest BCUT2D eigenvalue weighted by atomic mass is 16.5. The summed E-state index contributed by atoms with van der Waals surface area (Å²) in [5.41, 5.74) is 4.39. The molecule has 0 atom stereocenters. The molecule has 0 aliphatic carbocycles. The van der Waals surface area contributed by atoms with Gasteiger partial charge in [-0.3, -0.25) is 4.99 Å². The number of hydrogen-bond donors (Lipinski definition) is 0. The van der Waals surface area contributed by atoms with Crippen LogP contribution in [0.2, 0.25) is 0 Å². The van der Waals surface area contributed by atoms with Crippen molar-refractivity contribution in [3.05, 3.63) is 84.9 Å². The number of nitrogens with zero attached hydrogens (tertiary/aromatic N) is 2. The summed E-state index contributed by atoms with van der Waals surface area (Å²) >= 11 is 0. The van der Waals surface area contributed by atoms with Gasteiger partial charge in [-0.25, -0.2) is 4.79 Å². The van der Waals surface area contributed by atoms with Gasteiger partial charge >= 0.3 is 5.97 Å². The van der Waals surface area contributed by atoms with E-state index < -0.39 is 0 Å². The van der Waals surface area contributed by atoms with E-state index in [9.17, 15) is 4.79 Å². The molecule has 1 heterocycles. The first-order chi connectivity index (χ1) is 16.7. The highest BCUT2D eigenvalue weighted by Crippen LogP contribution is 2.28. The van der Waals surface area contributed by atoms with E-state index in [-0.39, 0.29) is 5.97 Å². The van der Waals surface area contributed by atoms with Gasteiger partial charge in [0.05, 0.1) is 18.9 Å². The molecule has 0 N–H and O–H groups in total. The SMILES string of the molecule is C=CC(=O)OCCCCCCOc1ccc(N=Cc2ccc3c4ccccc4n(C)c3c2)cc1. The summed E-state index contributed by atoms with van der Waals surface area (Å²) in [7, 11) is 2.10. The predicted molar refractivity (Wildman–Crippen MR) is 139 cm³/mol. The van der Waals surface area contributed by atoms with Crippen molar-refractivity contribution in [1.29, 1.82) is 0 Å². The number of fused-ring (bicyclic) bond motifs is 3. The first kappa shape index (κ1) is 23.3. The molecule has 0 fully saturated rings. The fraction of sp³-hybridized carbons (Fsp3) is 0.241. The van der Waals surface area contributed by atoms with Gasteiger partial charge in [0.25, 0.3) is 0 Å². The minimum Gasteiger partial charge on any atom is -0.494 e. The second kappa shape index (κ2) is 11.3. The monoisotopic (exact) mass is 454 g/mol. The van der Waals surface area contributed by atoms with Crippen molar-refractivity contribution in [3.8, 4) is 5.75 Å². The molecule has 0 saturated heterocycles. The Bertz CT molecular complexity index is 1300. The van der Waals surface area contributed by atoms with Crippen molar-refractivity contribution in [2.75, 3.05) is 13.2 Å². The van der Waals surface area contributed by atoms with Gasteiger partial charge in [-0.2, -0.15) is 0 Å². The number of esters is 1. The van der Waals surface area contributed by atoms with Gasteiger partial charge in [-0.15, -0.1) is 0 Å². The van der Waals surface area contributed by atoms with Crippen molar-refractivity contribution >= 4 is 39.7 Å². The Kier molecular flexibility index (Phi) is 7.76. The van der Waals surface area contributed by atoms with Crippen molar-refractivity contribution in [3.63, 3.8) is 0 Å². The quantitative estimate of drug-likeness (QED) is 0.109. The lowest BCUT2D eigenvalue weighted by Gasteiger charge is -2.06. The van der Waals surface area contributed by atoms with Gasteiger partial charge in [0.1, 0.15) is 5.75 Å². The van der Waals surface area contributed by atoms with Crippen LogP contribution in [0.5, 0.6) is 5.75 Å². The number of hydrogen-bond acceptors (Lipinski definition) is 4. The Morgan fingerprint density at radius 2 is 1.65 bits per heavy atom. The lowest BCUT2D eigenvalue weighted by atomic mass is 10.1. The third-order valence-corrected chi connectivity index (χ3v) is 5.86. The number of ether oxygens (including phenoxy) is 2. The first-order valence-corrected chi connectivity index (χ1v) is 11.7. The molecule has 0 amide bonds. The maximum Gasteiger partial charge on any atom is 0.330 e. The van der Waals surface area contributed by atoms with E-state index in [0.29, 0.717) is 13.2 Å². The summed E-state index contributed by atoms with van der Waals surface area (Å²) in [5, 5.41) is 2.53. The molecule has 5 nitrogen and oxygen atoms in total. The molecule has 0 radical (unpaired) electrons. The Balaban J connectivity index is 1.26. The maximum absolute atomic E-state index is 11.0. The average molecular weight is 455 g/mol. The van der Waals surface area contributed by atoms with E-state index in [1.165, 1.54) is 27.9 Å². The number of aromatic nitrogens is 1. The highest BCUT2D eigenvalue weighted by Gasteiger charge is 2.07. The topological polar surface area (TPSA) is 52.8 Å². The Labute approximate surface area is 200 Å². The van der Waals surface area contributed by atoms with E-state index in [4.69, 9.17) is 9.47 Å². The fourth-order valence-electron chi connectivity index (χ4n) is 4.01. The molecule has 3 aromatic carbocycles. The molecule has 34 heavy (non-hydrogen) atoms. The zero-order chi connectivity index (χ0) is 23.8. The molecule has 0 bridgehead atoms. The number of aliphatic imine (C=N–C) groups is 1. The van der Waals surface area contributed by atoms with E-state index >= 15 is 0 Å². The normalized spacial score (nSPS) is 11.3. The minimum atomic E-state index is -0.359. The second-order valence-electron chi connectivity index (χ2n) is 8.24. The summed E-state index contributed by atoms with van der Waals surface area (Å²) in [6.07, 6.45) is 6.96. The van der Waals surface area contributed by atoms with Crippen LogP contribution in [0.1, 0.15) is 31.2 Å². The molecule has 0 spiro atoms. The summed E-state index contributed by atoms with van der Waals surface area (Å²) < 4.78 is 13.0. The third kappa shape index (κ3) is 5.73. The standard InChI is InChI=1S/C29H30N2O3/c1-3-29(32)34-19-9-5-4-8-18-33-24-15-13-23(14-16-24)30-21-22-12-17-26-25-10-6-7-11-27(25)31(2)28(26)20-22/h3,6-7,10-17,20-21H,1,4-5,8-9,18-19H2,2H3. The number of aryl methyl sites for hydroxylation is 1. The summed E-state index contributed by atoms with van der Waals surface area (Å²) in [6, 6.07) is 22.8. The van der Waals surface area contributed by atoms with Crippen LogP contribution in [0.25, 0.3) is 21.8 Å². The molecule has 1 aromatic heterocycles. The molecule has 0 aliphatic heterocycles. The summed E-state index contributed by atoms with van der Waals surface area (Å²) in [4.78, 5) is 15.6. The number of benzene rings is 3. The average Bonchev–Trinajstić information content (AvgIpc) is 3.16. The molecule has 0 unspecified atom stereocenters. The van der Waals surface area contributed by atoms with Gasteiger partial charge in [0, 0.05) is 41.1 Å². The third-order valence-electron chi connectivity index (χ3n) is 5.86.